The first kappa shape index (κ1) is 12.5. The molecule has 0 fully saturated rings. The molecule has 2 aromatic rings. The Morgan fingerprint density at radius 3 is 2.60 bits per heavy atom. The van der Waals surface area contributed by atoms with E-state index in [1.165, 1.54) is 18.2 Å². The van der Waals surface area contributed by atoms with Crippen LogP contribution in [0.15, 0.2) is 29.1 Å². The number of hydrogen-bond acceptors (Lipinski definition) is 3. The van der Waals surface area contributed by atoms with Crippen LogP contribution in [-0.2, 0) is 10.2 Å². The van der Waals surface area contributed by atoms with E-state index < -0.39 is 11.2 Å². The van der Waals surface area contributed by atoms with Crippen LogP contribution in [0.4, 0.5) is 10.1 Å². The Balaban J connectivity index is 2.20. The molecule has 5 nitrogen and oxygen atoms in total. The van der Waals surface area contributed by atoms with Gasteiger partial charge in [0, 0.05) is 11.6 Å². The van der Waals surface area contributed by atoms with E-state index in [-0.39, 0.29) is 17.2 Å². The van der Waals surface area contributed by atoms with Crippen molar-refractivity contribution in [1.29, 1.82) is 0 Å². The van der Waals surface area contributed by atoms with Crippen LogP contribution in [0.1, 0.15) is 19.4 Å². The molecule has 1 aromatic carbocycles. The van der Waals surface area contributed by atoms with Gasteiger partial charge in [-0.1, -0.05) is 0 Å². The van der Waals surface area contributed by atoms with Gasteiger partial charge in [0.15, 0.2) is 0 Å². The Kier molecular flexibility index (Phi) is 2.50. The minimum Gasteiger partial charge on any atom is -0.323 e. The van der Waals surface area contributed by atoms with Crippen molar-refractivity contribution in [2.75, 3.05) is 5.32 Å². The zero-order chi connectivity index (χ0) is 14.5. The molecule has 6 heteroatoms. The smallest absolute Gasteiger partial charge is 0.264 e. The van der Waals surface area contributed by atoms with Crippen LogP contribution in [0.2, 0.25) is 0 Å². The van der Waals surface area contributed by atoms with E-state index in [0.717, 1.165) is 0 Å². The van der Waals surface area contributed by atoms with E-state index in [9.17, 15) is 14.0 Å². The second kappa shape index (κ2) is 4.00. The van der Waals surface area contributed by atoms with Crippen LogP contribution in [0.3, 0.4) is 0 Å². The first-order chi connectivity index (χ1) is 9.39. The van der Waals surface area contributed by atoms with Gasteiger partial charge in [-0.3, -0.25) is 9.59 Å². The summed E-state index contributed by atoms with van der Waals surface area (Å²) in [5.74, 6) is -0.748. The maximum atomic E-state index is 14.1. The lowest BCUT2D eigenvalue weighted by atomic mass is 9.85. The van der Waals surface area contributed by atoms with Crippen LogP contribution in [0.5, 0.6) is 0 Å². The number of aromatic nitrogens is 2. The summed E-state index contributed by atoms with van der Waals surface area (Å²) in [5, 5.41) is 8.73. The predicted octanol–water partition coefficient (Wildman–Crippen LogP) is 1.81. The normalized spacial score (nSPS) is 15.8. The topological polar surface area (TPSA) is 74.8 Å². The summed E-state index contributed by atoms with van der Waals surface area (Å²) in [6.07, 6.45) is 0. The maximum absolute atomic E-state index is 14.1. The number of aromatic amines is 1. The largest absolute Gasteiger partial charge is 0.323 e. The number of benzene rings is 1. The summed E-state index contributed by atoms with van der Waals surface area (Å²) >= 11 is 0. The lowest BCUT2D eigenvalue weighted by Gasteiger charge is -2.15. The van der Waals surface area contributed by atoms with Crippen molar-refractivity contribution in [3.05, 3.63) is 46.0 Å². The van der Waals surface area contributed by atoms with Gasteiger partial charge in [-0.25, -0.2) is 9.49 Å². The summed E-state index contributed by atoms with van der Waals surface area (Å²) in [4.78, 5) is 22.9. The van der Waals surface area contributed by atoms with Gasteiger partial charge >= 0.3 is 0 Å². The molecule has 0 radical (unpaired) electrons. The van der Waals surface area contributed by atoms with Crippen molar-refractivity contribution in [3.8, 4) is 11.3 Å². The first-order valence-corrected chi connectivity index (χ1v) is 6.11. The van der Waals surface area contributed by atoms with Gasteiger partial charge < -0.3 is 5.32 Å². The Morgan fingerprint density at radius 1 is 1.20 bits per heavy atom. The van der Waals surface area contributed by atoms with Crippen LogP contribution >= 0.6 is 0 Å². The Hall–Kier alpha value is -2.50. The zero-order valence-corrected chi connectivity index (χ0v) is 11.0. The molecular formula is C14H12FN3O2. The van der Waals surface area contributed by atoms with Crippen molar-refractivity contribution in [1.82, 2.24) is 10.2 Å². The van der Waals surface area contributed by atoms with Gasteiger partial charge in [-0.05, 0) is 37.6 Å². The van der Waals surface area contributed by atoms with Gasteiger partial charge in [0.25, 0.3) is 5.56 Å². The number of amides is 1. The van der Waals surface area contributed by atoms with Crippen LogP contribution in [0.25, 0.3) is 11.3 Å². The summed E-state index contributed by atoms with van der Waals surface area (Å²) < 4.78 is 14.1. The highest BCUT2D eigenvalue weighted by molar-refractivity contribution is 6.06. The van der Waals surface area contributed by atoms with Crippen LogP contribution in [0, 0.1) is 5.82 Å². The highest BCUT2D eigenvalue weighted by Crippen LogP contribution is 2.40. The Morgan fingerprint density at radius 2 is 1.95 bits per heavy atom. The molecule has 1 amide bonds. The fourth-order valence-corrected chi connectivity index (χ4v) is 2.27. The fourth-order valence-electron chi connectivity index (χ4n) is 2.27. The molecule has 1 aromatic heterocycles. The van der Waals surface area contributed by atoms with Crippen LogP contribution in [-0.4, -0.2) is 16.1 Å². The van der Waals surface area contributed by atoms with Crippen molar-refractivity contribution >= 4 is 11.6 Å². The molecule has 0 aliphatic carbocycles. The standard InChI is InChI=1S/C14H12FN3O2/c1-14(2)8-5-7(10-3-4-11(19)18-17-10)6-9(15)12(8)16-13(14)20/h3-6H,1-2H3,(H,16,20)(H,18,19). The molecule has 0 saturated heterocycles. The Bertz CT molecular complexity index is 760. The highest BCUT2D eigenvalue weighted by atomic mass is 19.1. The number of anilines is 1. The molecule has 0 saturated carbocycles. The van der Waals surface area contributed by atoms with E-state index in [1.807, 2.05) is 0 Å². The van der Waals surface area contributed by atoms with Crippen molar-refractivity contribution in [3.63, 3.8) is 0 Å². The second-order valence-corrected chi connectivity index (χ2v) is 5.27. The predicted molar refractivity (Wildman–Crippen MR) is 71.9 cm³/mol. The third-order valence-corrected chi connectivity index (χ3v) is 3.54. The number of halogens is 1. The fraction of sp³-hybridized carbons (Fsp3) is 0.214. The van der Waals surface area contributed by atoms with E-state index in [0.29, 0.717) is 16.8 Å². The molecule has 3 rings (SSSR count). The molecule has 102 valence electrons. The molecule has 1 aliphatic rings. The van der Waals surface area contributed by atoms with Crippen molar-refractivity contribution in [2.24, 2.45) is 0 Å². The lowest BCUT2D eigenvalue weighted by Crippen LogP contribution is -2.26. The van der Waals surface area contributed by atoms with Gasteiger partial charge in [0.1, 0.15) is 5.82 Å². The molecule has 2 heterocycles. The monoisotopic (exact) mass is 273 g/mol. The summed E-state index contributed by atoms with van der Waals surface area (Å²) in [6.45, 7) is 3.47. The molecule has 2 N–H and O–H groups in total. The molecule has 0 unspecified atom stereocenters. The highest BCUT2D eigenvalue weighted by Gasteiger charge is 2.40. The molecular weight excluding hydrogens is 261 g/mol. The summed E-state index contributed by atoms with van der Waals surface area (Å²) in [6, 6.07) is 5.84. The lowest BCUT2D eigenvalue weighted by molar-refractivity contribution is -0.119. The van der Waals surface area contributed by atoms with E-state index in [2.05, 4.69) is 15.5 Å². The molecule has 1 aliphatic heterocycles. The number of hydrogen-bond donors (Lipinski definition) is 2. The summed E-state index contributed by atoms with van der Waals surface area (Å²) in [5.41, 5.74) is 0.642. The maximum Gasteiger partial charge on any atom is 0.264 e. The van der Waals surface area contributed by atoms with Gasteiger partial charge in [-0.2, -0.15) is 5.10 Å². The number of carbonyl (C=O) groups excluding carboxylic acids is 1. The van der Waals surface area contributed by atoms with Gasteiger partial charge in [-0.15, -0.1) is 0 Å². The van der Waals surface area contributed by atoms with Crippen LogP contribution < -0.4 is 10.9 Å². The van der Waals surface area contributed by atoms with Gasteiger partial charge in [0.2, 0.25) is 5.91 Å². The van der Waals surface area contributed by atoms with E-state index in [1.54, 1.807) is 19.9 Å². The number of fused-ring (bicyclic) bond motifs is 1. The van der Waals surface area contributed by atoms with E-state index in [4.69, 9.17) is 0 Å². The molecule has 0 spiro atoms. The van der Waals surface area contributed by atoms with Crippen molar-refractivity contribution < 1.29 is 9.18 Å². The quantitative estimate of drug-likeness (QED) is 0.832. The number of rotatable bonds is 1. The third-order valence-electron chi connectivity index (χ3n) is 3.54. The minimum absolute atomic E-state index is 0.216. The average Bonchev–Trinajstić information content (AvgIpc) is 2.63. The number of carbonyl (C=O) groups is 1. The molecule has 20 heavy (non-hydrogen) atoms. The average molecular weight is 273 g/mol. The number of nitrogens with zero attached hydrogens (tertiary/aromatic N) is 1. The number of nitrogens with one attached hydrogen (secondary N) is 2. The second-order valence-electron chi connectivity index (χ2n) is 5.27. The minimum atomic E-state index is -0.797. The molecule has 0 atom stereocenters. The van der Waals surface area contributed by atoms with E-state index >= 15 is 0 Å². The number of H-pyrrole nitrogens is 1. The van der Waals surface area contributed by atoms with Crippen molar-refractivity contribution in [2.45, 2.75) is 19.3 Å². The SMILES string of the molecule is CC1(C)C(=O)Nc2c(F)cc(-c3ccc(=O)[nH]n3)cc21. The zero-order valence-electron chi connectivity index (χ0n) is 11.0. The third kappa shape index (κ3) is 1.72. The summed E-state index contributed by atoms with van der Waals surface area (Å²) in [7, 11) is 0. The molecule has 0 bridgehead atoms. The van der Waals surface area contributed by atoms with Gasteiger partial charge in [0.05, 0.1) is 16.8 Å². The Labute approximate surface area is 113 Å². The first-order valence-electron chi connectivity index (χ1n) is 6.11.